The van der Waals surface area contributed by atoms with Crippen LogP contribution in [0.2, 0.25) is 0 Å². The number of morpholine rings is 1. The maximum absolute atomic E-state index is 12.0. The maximum atomic E-state index is 12.0. The molecule has 20 heavy (non-hydrogen) atoms. The molecule has 1 saturated heterocycles. The van der Waals surface area contributed by atoms with Gasteiger partial charge >= 0.3 is 5.97 Å². The molecule has 6 heteroatoms. The molecule has 0 aliphatic carbocycles. The van der Waals surface area contributed by atoms with E-state index >= 15 is 0 Å². The van der Waals surface area contributed by atoms with Gasteiger partial charge in [0.15, 0.2) is 6.10 Å². The Morgan fingerprint density at radius 1 is 1.55 bits per heavy atom. The summed E-state index contributed by atoms with van der Waals surface area (Å²) in [6.07, 6.45) is -0.267. The van der Waals surface area contributed by atoms with Crippen molar-refractivity contribution >= 4 is 27.8 Å². The molecular weight excluding hydrogens is 326 g/mol. The number of carboxylic acids is 1. The number of rotatable bonds is 4. The van der Waals surface area contributed by atoms with Crippen LogP contribution in [-0.2, 0) is 14.3 Å². The van der Waals surface area contributed by atoms with Crippen molar-refractivity contribution in [1.82, 2.24) is 4.90 Å². The summed E-state index contributed by atoms with van der Waals surface area (Å²) in [7, 11) is 0. The minimum Gasteiger partial charge on any atom is -0.479 e. The van der Waals surface area contributed by atoms with E-state index in [9.17, 15) is 14.7 Å². The van der Waals surface area contributed by atoms with Gasteiger partial charge in [0.05, 0.1) is 6.04 Å². The second kappa shape index (κ2) is 6.37. The fourth-order valence-corrected chi connectivity index (χ4v) is 2.83. The van der Waals surface area contributed by atoms with E-state index in [-0.39, 0.29) is 12.5 Å². The van der Waals surface area contributed by atoms with Crippen molar-refractivity contribution in [1.29, 1.82) is 0 Å². The van der Waals surface area contributed by atoms with Crippen LogP contribution in [0.3, 0.4) is 0 Å². The topological polar surface area (TPSA) is 66.8 Å². The Balaban J connectivity index is 2.42. The van der Waals surface area contributed by atoms with Gasteiger partial charge in [0.1, 0.15) is 6.61 Å². The van der Waals surface area contributed by atoms with Crippen molar-refractivity contribution in [3.05, 3.63) is 34.3 Å². The Bertz CT molecular complexity index is 520. The molecule has 1 heterocycles. The predicted molar refractivity (Wildman–Crippen MR) is 76.3 cm³/mol. The number of ether oxygens (including phenoxy) is 1. The molecule has 0 bridgehead atoms. The van der Waals surface area contributed by atoms with Crippen molar-refractivity contribution in [2.75, 3.05) is 13.2 Å². The average molecular weight is 342 g/mol. The van der Waals surface area contributed by atoms with Crippen molar-refractivity contribution in [3.63, 3.8) is 0 Å². The number of carbonyl (C=O) groups excluding carboxylic acids is 1. The van der Waals surface area contributed by atoms with Crippen LogP contribution in [0.15, 0.2) is 28.7 Å². The maximum Gasteiger partial charge on any atom is 0.335 e. The highest BCUT2D eigenvalue weighted by molar-refractivity contribution is 9.10. The molecule has 2 atom stereocenters. The molecule has 0 aromatic heterocycles. The van der Waals surface area contributed by atoms with Gasteiger partial charge in [-0.3, -0.25) is 4.79 Å². The Hall–Kier alpha value is -1.40. The first-order valence-electron chi connectivity index (χ1n) is 6.44. The van der Waals surface area contributed by atoms with Crippen molar-refractivity contribution in [2.24, 2.45) is 0 Å². The number of hydrogen-bond donors (Lipinski definition) is 1. The summed E-state index contributed by atoms with van der Waals surface area (Å²) in [5, 5.41) is 9.34. The lowest BCUT2D eigenvalue weighted by Gasteiger charge is -2.39. The highest BCUT2D eigenvalue weighted by atomic mass is 79.9. The molecule has 1 aliphatic heterocycles. The molecule has 108 valence electrons. The fraction of sp³-hybridized carbons (Fsp3) is 0.429. The lowest BCUT2D eigenvalue weighted by Crippen LogP contribution is -2.52. The monoisotopic (exact) mass is 341 g/mol. The van der Waals surface area contributed by atoms with Crippen LogP contribution in [0.1, 0.15) is 24.9 Å². The largest absolute Gasteiger partial charge is 0.479 e. The first-order chi connectivity index (χ1) is 9.54. The summed E-state index contributed by atoms with van der Waals surface area (Å²) in [5.74, 6) is -1.22. The molecule has 1 N–H and O–H groups in total. The number of hydrogen-bond acceptors (Lipinski definition) is 3. The molecule has 1 amide bonds. The zero-order valence-electron chi connectivity index (χ0n) is 11.1. The number of benzene rings is 1. The quantitative estimate of drug-likeness (QED) is 0.911. The Morgan fingerprint density at radius 2 is 2.30 bits per heavy atom. The van der Waals surface area contributed by atoms with Gasteiger partial charge in [0.2, 0.25) is 5.91 Å². The first-order valence-corrected chi connectivity index (χ1v) is 7.23. The van der Waals surface area contributed by atoms with Crippen LogP contribution in [0, 0.1) is 0 Å². The van der Waals surface area contributed by atoms with E-state index in [1.165, 1.54) is 0 Å². The summed E-state index contributed by atoms with van der Waals surface area (Å²) in [4.78, 5) is 25.0. The van der Waals surface area contributed by atoms with Crippen LogP contribution in [0.4, 0.5) is 0 Å². The molecule has 0 saturated carbocycles. The third-order valence-electron chi connectivity index (χ3n) is 3.23. The van der Waals surface area contributed by atoms with Gasteiger partial charge in [-0.2, -0.15) is 0 Å². The number of aliphatic carboxylic acids is 1. The van der Waals surface area contributed by atoms with Crippen LogP contribution >= 0.6 is 15.9 Å². The number of nitrogens with zero attached hydrogens (tertiary/aromatic N) is 1. The van der Waals surface area contributed by atoms with Crippen LogP contribution < -0.4 is 0 Å². The lowest BCUT2D eigenvalue weighted by molar-refractivity contribution is -0.173. The van der Waals surface area contributed by atoms with Gasteiger partial charge in [-0.1, -0.05) is 35.0 Å². The molecular formula is C14H16BrNO4. The number of carbonyl (C=O) groups is 2. The molecule has 5 nitrogen and oxygen atoms in total. The van der Waals surface area contributed by atoms with Gasteiger partial charge in [0, 0.05) is 11.0 Å². The van der Waals surface area contributed by atoms with Gasteiger partial charge in [0.25, 0.3) is 0 Å². The third kappa shape index (κ3) is 3.02. The molecule has 1 aromatic rings. The van der Waals surface area contributed by atoms with E-state index in [0.29, 0.717) is 6.54 Å². The summed E-state index contributed by atoms with van der Waals surface area (Å²) in [5.41, 5.74) is 0.758. The van der Waals surface area contributed by atoms with E-state index in [0.717, 1.165) is 16.5 Å². The summed E-state index contributed by atoms with van der Waals surface area (Å²) >= 11 is 3.37. The van der Waals surface area contributed by atoms with E-state index in [1.807, 2.05) is 31.2 Å². The Kier molecular flexibility index (Phi) is 4.77. The summed E-state index contributed by atoms with van der Waals surface area (Å²) in [6.45, 7) is 2.29. The normalized spacial score (nSPS) is 22.9. The van der Waals surface area contributed by atoms with Crippen LogP contribution in [0.5, 0.6) is 0 Å². The third-order valence-corrected chi connectivity index (χ3v) is 3.72. The van der Waals surface area contributed by atoms with E-state index < -0.39 is 18.1 Å². The molecule has 0 radical (unpaired) electrons. The van der Waals surface area contributed by atoms with E-state index in [4.69, 9.17) is 4.74 Å². The van der Waals surface area contributed by atoms with E-state index in [2.05, 4.69) is 15.9 Å². The summed E-state index contributed by atoms with van der Waals surface area (Å²) in [6, 6.07) is 6.73. The number of amides is 1. The molecule has 1 aliphatic rings. The van der Waals surface area contributed by atoms with Crippen LogP contribution in [0.25, 0.3) is 0 Å². The Morgan fingerprint density at radius 3 is 2.90 bits per heavy atom. The minimum atomic E-state index is -1.05. The SMILES string of the molecule is CCCN1C(=O)COC(C(=O)O)C1c1cccc(Br)c1. The number of halogens is 1. The summed E-state index contributed by atoms with van der Waals surface area (Å²) < 4.78 is 6.07. The second-order valence-electron chi connectivity index (χ2n) is 4.66. The van der Waals surface area contributed by atoms with Crippen molar-refractivity contribution in [2.45, 2.75) is 25.5 Å². The highest BCUT2D eigenvalue weighted by Gasteiger charge is 2.41. The van der Waals surface area contributed by atoms with Crippen LogP contribution in [-0.4, -0.2) is 41.1 Å². The minimum absolute atomic E-state index is 0.172. The zero-order chi connectivity index (χ0) is 14.7. The fourth-order valence-electron chi connectivity index (χ4n) is 2.41. The zero-order valence-corrected chi connectivity index (χ0v) is 12.7. The first kappa shape index (κ1) is 15.0. The lowest BCUT2D eigenvalue weighted by atomic mass is 9.97. The smallest absolute Gasteiger partial charge is 0.335 e. The second-order valence-corrected chi connectivity index (χ2v) is 5.57. The molecule has 0 spiro atoms. The van der Waals surface area contributed by atoms with Crippen molar-refractivity contribution < 1.29 is 19.4 Å². The molecule has 2 unspecified atom stereocenters. The molecule has 1 fully saturated rings. The van der Waals surface area contributed by atoms with Gasteiger partial charge in [-0.25, -0.2) is 4.79 Å². The van der Waals surface area contributed by atoms with Crippen molar-refractivity contribution in [3.8, 4) is 0 Å². The van der Waals surface area contributed by atoms with Gasteiger partial charge < -0.3 is 14.7 Å². The predicted octanol–water partition coefficient (Wildman–Crippen LogP) is 2.21. The molecule has 2 rings (SSSR count). The highest BCUT2D eigenvalue weighted by Crippen LogP contribution is 2.31. The standard InChI is InChI=1S/C14H16BrNO4/c1-2-6-16-11(17)8-20-13(14(18)19)12(16)9-4-3-5-10(15)7-9/h3-5,7,12-13H,2,6,8H2,1H3,(H,18,19). The van der Waals surface area contributed by atoms with Gasteiger partial charge in [-0.05, 0) is 24.1 Å². The Labute approximate surface area is 125 Å². The molecule has 1 aromatic carbocycles. The van der Waals surface area contributed by atoms with E-state index in [1.54, 1.807) is 4.90 Å². The van der Waals surface area contributed by atoms with Gasteiger partial charge in [-0.15, -0.1) is 0 Å². The number of carboxylic acid groups (broad SMARTS) is 1. The average Bonchev–Trinajstić information content (AvgIpc) is 2.40.